The molecule has 5 nitrogen and oxygen atoms in total. The van der Waals surface area contributed by atoms with Gasteiger partial charge in [0.2, 0.25) is 0 Å². The third-order valence-electron chi connectivity index (χ3n) is 3.46. The predicted molar refractivity (Wildman–Crippen MR) is 86.5 cm³/mol. The molecule has 4 heterocycles. The molecule has 7 heteroatoms. The van der Waals surface area contributed by atoms with Crippen molar-refractivity contribution in [3.8, 4) is 11.5 Å². The molecule has 0 bridgehead atoms. The van der Waals surface area contributed by atoms with E-state index >= 15 is 0 Å². The van der Waals surface area contributed by atoms with Gasteiger partial charge in [-0.15, -0.1) is 22.7 Å². The molecule has 0 amide bonds. The second-order valence-corrected chi connectivity index (χ2v) is 7.10. The number of rotatable bonds is 1. The molecular formula is C14H12N4OS2. The summed E-state index contributed by atoms with van der Waals surface area (Å²) in [6, 6.07) is 1.88. The first-order valence-corrected chi connectivity index (χ1v) is 8.18. The number of fused-ring (bicyclic) bond motifs is 2. The largest absolute Gasteiger partial charge is 0.305 e. The summed E-state index contributed by atoms with van der Waals surface area (Å²) >= 11 is 3.13. The molecule has 4 aromatic rings. The molecule has 0 unspecified atom stereocenters. The third kappa shape index (κ3) is 1.77. The van der Waals surface area contributed by atoms with E-state index in [0.717, 1.165) is 31.8 Å². The highest BCUT2D eigenvalue weighted by Gasteiger charge is 2.17. The average molecular weight is 316 g/mol. The van der Waals surface area contributed by atoms with E-state index in [1.54, 1.807) is 11.3 Å². The molecule has 0 aliphatic rings. The Morgan fingerprint density at radius 3 is 2.86 bits per heavy atom. The summed E-state index contributed by atoms with van der Waals surface area (Å²) < 4.78 is 2.05. The minimum atomic E-state index is -0.0958. The maximum absolute atomic E-state index is 12.3. The SMILES string of the molecule is Cc1cc2c(=O)[nH]c(-c3c(C)nc4scc(C)n34)nc2s1. The van der Waals surface area contributed by atoms with Gasteiger partial charge in [0.05, 0.1) is 11.1 Å². The molecule has 106 valence electrons. The summed E-state index contributed by atoms with van der Waals surface area (Å²) in [5.41, 5.74) is 2.74. The van der Waals surface area contributed by atoms with Crippen molar-refractivity contribution in [3.63, 3.8) is 0 Å². The molecule has 0 atom stereocenters. The summed E-state index contributed by atoms with van der Waals surface area (Å²) in [4.78, 5) is 27.1. The lowest BCUT2D eigenvalue weighted by atomic mass is 10.3. The number of nitrogens with zero attached hydrogens (tertiary/aromatic N) is 3. The molecule has 0 fully saturated rings. The fraction of sp³-hybridized carbons (Fsp3) is 0.214. The van der Waals surface area contributed by atoms with Gasteiger partial charge in [-0.05, 0) is 26.8 Å². The second-order valence-electron chi connectivity index (χ2n) is 5.03. The molecule has 0 spiro atoms. The van der Waals surface area contributed by atoms with Crippen molar-refractivity contribution in [2.45, 2.75) is 20.8 Å². The minimum Gasteiger partial charge on any atom is -0.305 e. The van der Waals surface area contributed by atoms with Gasteiger partial charge < -0.3 is 4.98 Å². The fourth-order valence-electron chi connectivity index (χ4n) is 2.54. The quantitative estimate of drug-likeness (QED) is 0.586. The number of thiazole rings is 1. The Morgan fingerprint density at radius 2 is 2.05 bits per heavy atom. The van der Waals surface area contributed by atoms with E-state index in [1.165, 1.54) is 11.3 Å². The van der Waals surface area contributed by atoms with Gasteiger partial charge in [-0.2, -0.15) is 0 Å². The fourth-order valence-corrected chi connectivity index (χ4v) is 4.33. The molecule has 1 N–H and O–H groups in total. The molecule has 21 heavy (non-hydrogen) atoms. The van der Waals surface area contributed by atoms with E-state index in [4.69, 9.17) is 0 Å². The lowest BCUT2D eigenvalue weighted by molar-refractivity contribution is 1.08. The maximum atomic E-state index is 12.3. The zero-order chi connectivity index (χ0) is 14.7. The summed E-state index contributed by atoms with van der Waals surface area (Å²) in [6.07, 6.45) is 0. The lowest BCUT2D eigenvalue weighted by Gasteiger charge is -2.02. The van der Waals surface area contributed by atoms with Crippen molar-refractivity contribution >= 4 is 37.9 Å². The summed E-state index contributed by atoms with van der Waals surface area (Å²) in [5.74, 6) is 0.584. The zero-order valence-electron chi connectivity index (χ0n) is 11.7. The summed E-state index contributed by atoms with van der Waals surface area (Å²) in [6.45, 7) is 5.95. The van der Waals surface area contributed by atoms with E-state index in [0.29, 0.717) is 11.2 Å². The number of nitrogens with one attached hydrogen (secondary N) is 1. The van der Waals surface area contributed by atoms with Crippen LogP contribution < -0.4 is 5.56 Å². The normalized spacial score (nSPS) is 11.8. The average Bonchev–Trinajstić information content (AvgIpc) is 3.05. The number of thiophene rings is 1. The van der Waals surface area contributed by atoms with Crippen molar-refractivity contribution in [2.24, 2.45) is 0 Å². The van der Waals surface area contributed by atoms with Crippen LogP contribution in [-0.2, 0) is 0 Å². The third-order valence-corrected chi connectivity index (χ3v) is 5.35. The molecule has 4 rings (SSSR count). The van der Waals surface area contributed by atoms with Gasteiger partial charge >= 0.3 is 0 Å². The van der Waals surface area contributed by atoms with Crippen molar-refractivity contribution < 1.29 is 0 Å². The highest BCUT2D eigenvalue weighted by Crippen LogP contribution is 2.28. The van der Waals surface area contributed by atoms with Crippen LogP contribution in [0.5, 0.6) is 0 Å². The zero-order valence-corrected chi connectivity index (χ0v) is 13.4. The van der Waals surface area contributed by atoms with Crippen LogP contribution in [0.4, 0.5) is 0 Å². The van der Waals surface area contributed by atoms with Crippen molar-refractivity contribution in [1.29, 1.82) is 0 Å². The minimum absolute atomic E-state index is 0.0958. The molecule has 0 aliphatic heterocycles. The van der Waals surface area contributed by atoms with Crippen LogP contribution >= 0.6 is 22.7 Å². The van der Waals surface area contributed by atoms with Gasteiger partial charge in [0.1, 0.15) is 10.5 Å². The van der Waals surface area contributed by atoms with Gasteiger partial charge in [0, 0.05) is 16.0 Å². The van der Waals surface area contributed by atoms with Gasteiger partial charge in [-0.25, -0.2) is 9.97 Å². The van der Waals surface area contributed by atoms with Crippen LogP contribution in [0.2, 0.25) is 0 Å². The Balaban J connectivity index is 2.10. The van der Waals surface area contributed by atoms with E-state index in [-0.39, 0.29) is 5.56 Å². The highest BCUT2D eigenvalue weighted by atomic mass is 32.1. The molecule has 0 saturated heterocycles. The van der Waals surface area contributed by atoms with Gasteiger partial charge in [-0.1, -0.05) is 0 Å². The van der Waals surface area contributed by atoms with Gasteiger partial charge in [0.15, 0.2) is 10.8 Å². The van der Waals surface area contributed by atoms with E-state index in [9.17, 15) is 4.79 Å². The number of H-pyrrole nitrogens is 1. The second kappa shape index (κ2) is 4.25. The first-order chi connectivity index (χ1) is 10.0. The van der Waals surface area contributed by atoms with Crippen LogP contribution in [0.25, 0.3) is 26.7 Å². The van der Waals surface area contributed by atoms with Crippen LogP contribution in [0.15, 0.2) is 16.2 Å². The molecule has 0 aromatic carbocycles. The standard InChI is InChI=1S/C14H12N4OS2/c1-6-5-20-14-15-8(3)10(18(6)14)11-16-12(19)9-4-7(2)21-13(9)17-11/h4-5H,1-3H3,(H,16,17,19). The van der Waals surface area contributed by atoms with E-state index in [2.05, 4.69) is 20.3 Å². The Hall–Kier alpha value is -1.99. The number of aromatic amines is 1. The first kappa shape index (κ1) is 12.7. The topological polar surface area (TPSA) is 63.0 Å². The monoisotopic (exact) mass is 316 g/mol. The van der Waals surface area contributed by atoms with Crippen LogP contribution in [0.1, 0.15) is 16.3 Å². The Kier molecular flexibility index (Phi) is 2.58. The Bertz CT molecular complexity index is 1050. The first-order valence-electron chi connectivity index (χ1n) is 6.48. The molecule has 0 saturated carbocycles. The molecule has 0 aliphatic carbocycles. The van der Waals surface area contributed by atoms with Gasteiger partial charge in [0.25, 0.3) is 5.56 Å². The van der Waals surface area contributed by atoms with Gasteiger partial charge in [-0.3, -0.25) is 9.20 Å². The van der Waals surface area contributed by atoms with Crippen molar-refractivity contribution in [2.75, 3.05) is 0 Å². The van der Waals surface area contributed by atoms with Crippen molar-refractivity contribution in [1.82, 2.24) is 19.4 Å². The molecule has 0 radical (unpaired) electrons. The maximum Gasteiger partial charge on any atom is 0.259 e. The van der Waals surface area contributed by atoms with E-state index < -0.39 is 0 Å². The Morgan fingerprint density at radius 1 is 1.24 bits per heavy atom. The number of aryl methyl sites for hydroxylation is 3. The number of imidazole rings is 1. The summed E-state index contributed by atoms with van der Waals surface area (Å²) in [7, 11) is 0. The van der Waals surface area contributed by atoms with Crippen LogP contribution in [0.3, 0.4) is 0 Å². The molecule has 4 aromatic heterocycles. The number of aromatic nitrogens is 4. The van der Waals surface area contributed by atoms with Crippen LogP contribution in [-0.4, -0.2) is 19.4 Å². The highest BCUT2D eigenvalue weighted by molar-refractivity contribution is 7.18. The molecular weight excluding hydrogens is 304 g/mol. The lowest BCUT2D eigenvalue weighted by Crippen LogP contribution is -2.09. The van der Waals surface area contributed by atoms with Crippen molar-refractivity contribution in [3.05, 3.63) is 38.1 Å². The Labute approximate surface area is 127 Å². The number of hydrogen-bond acceptors (Lipinski definition) is 5. The van der Waals surface area contributed by atoms with Crippen LogP contribution in [0, 0.1) is 20.8 Å². The number of hydrogen-bond donors (Lipinski definition) is 1. The summed E-state index contributed by atoms with van der Waals surface area (Å²) in [5, 5.41) is 2.71. The van der Waals surface area contributed by atoms with E-state index in [1.807, 2.05) is 31.2 Å². The predicted octanol–water partition coefficient (Wildman–Crippen LogP) is 3.29. The smallest absolute Gasteiger partial charge is 0.259 e.